The first-order valence-electron chi connectivity index (χ1n) is 7.48. The SMILES string of the molecule is CCO[C@@H]1C[C@H](Nc2nc(C)cc(C)n2)[C@]12CCCO2. The number of aryl methyl sites for hydroxylation is 2. The summed E-state index contributed by atoms with van der Waals surface area (Å²) in [5.41, 5.74) is 1.81. The molecule has 2 heterocycles. The molecule has 1 spiro atoms. The molecule has 1 saturated heterocycles. The summed E-state index contributed by atoms with van der Waals surface area (Å²) in [4.78, 5) is 8.93. The molecule has 3 rings (SSSR count). The molecule has 2 fully saturated rings. The molecular weight excluding hydrogens is 254 g/mol. The molecule has 1 aromatic rings. The summed E-state index contributed by atoms with van der Waals surface area (Å²) in [6.45, 7) is 7.59. The normalized spacial score (nSPS) is 32.4. The van der Waals surface area contributed by atoms with Crippen molar-refractivity contribution >= 4 is 5.95 Å². The summed E-state index contributed by atoms with van der Waals surface area (Å²) in [6, 6.07) is 2.24. The number of anilines is 1. The first-order chi connectivity index (χ1) is 9.64. The van der Waals surface area contributed by atoms with Gasteiger partial charge in [-0.05, 0) is 46.1 Å². The summed E-state index contributed by atoms with van der Waals surface area (Å²) in [5.74, 6) is 0.706. The van der Waals surface area contributed by atoms with Gasteiger partial charge in [0.15, 0.2) is 0 Å². The summed E-state index contributed by atoms with van der Waals surface area (Å²) < 4.78 is 11.9. The van der Waals surface area contributed by atoms with Crippen molar-refractivity contribution in [1.29, 1.82) is 0 Å². The molecule has 20 heavy (non-hydrogen) atoms. The zero-order valence-electron chi connectivity index (χ0n) is 12.5. The third-order valence-corrected chi connectivity index (χ3v) is 4.32. The average Bonchev–Trinajstić information content (AvgIpc) is 2.88. The van der Waals surface area contributed by atoms with Crippen molar-refractivity contribution in [2.24, 2.45) is 0 Å². The van der Waals surface area contributed by atoms with E-state index < -0.39 is 0 Å². The molecular formula is C15H23N3O2. The summed E-state index contributed by atoms with van der Waals surface area (Å²) in [5, 5.41) is 3.45. The molecule has 2 aliphatic rings. The van der Waals surface area contributed by atoms with Gasteiger partial charge >= 0.3 is 0 Å². The van der Waals surface area contributed by atoms with Crippen molar-refractivity contribution in [2.75, 3.05) is 18.5 Å². The molecule has 1 aliphatic heterocycles. The Morgan fingerprint density at radius 2 is 2.15 bits per heavy atom. The maximum absolute atomic E-state index is 6.04. The fraction of sp³-hybridized carbons (Fsp3) is 0.733. The van der Waals surface area contributed by atoms with Crippen LogP contribution in [0.1, 0.15) is 37.6 Å². The lowest BCUT2D eigenvalue weighted by atomic mass is 9.70. The maximum Gasteiger partial charge on any atom is 0.223 e. The van der Waals surface area contributed by atoms with Crippen LogP contribution in [0.5, 0.6) is 0 Å². The van der Waals surface area contributed by atoms with Crippen molar-refractivity contribution < 1.29 is 9.47 Å². The number of ether oxygens (including phenoxy) is 2. The van der Waals surface area contributed by atoms with Crippen molar-refractivity contribution in [3.05, 3.63) is 17.5 Å². The van der Waals surface area contributed by atoms with Crippen LogP contribution in [-0.4, -0.2) is 40.9 Å². The third kappa shape index (κ3) is 2.29. The molecule has 1 aromatic heterocycles. The van der Waals surface area contributed by atoms with Gasteiger partial charge in [0.2, 0.25) is 5.95 Å². The highest BCUT2D eigenvalue weighted by molar-refractivity contribution is 5.34. The minimum Gasteiger partial charge on any atom is -0.375 e. The average molecular weight is 277 g/mol. The van der Waals surface area contributed by atoms with Crippen LogP contribution >= 0.6 is 0 Å². The second-order valence-electron chi connectivity index (χ2n) is 5.76. The third-order valence-electron chi connectivity index (χ3n) is 4.32. The van der Waals surface area contributed by atoms with Crippen molar-refractivity contribution in [2.45, 2.75) is 57.8 Å². The smallest absolute Gasteiger partial charge is 0.223 e. The molecule has 110 valence electrons. The zero-order valence-corrected chi connectivity index (χ0v) is 12.5. The van der Waals surface area contributed by atoms with Gasteiger partial charge in [0.05, 0.1) is 12.1 Å². The van der Waals surface area contributed by atoms with Gasteiger partial charge in [0.25, 0.3) is 0 Å². The van der Waals surface area contributed by atoms with Crippen LogP contribution in [0.25, 0.3) is 0 Å². The van der Waals surface area contributed by atoms with Gasteiger partial charge in [0.1, 0.15) is 5.60 Å². The molecule has 5 heteroatoms. The molecule has 1 aliphatic carbocycles. The number of hydrogen-bond acceptors (Lipinski definition) is 5. The predicted molar refractivity (Wildman–Crippen MR) is 76.9 cm³/mol. The second-order valence-corrected chi connectivity index (χ2v) is 5.76. The van der Waals surface area contributed by atoms with Gasteiger partial charge in [0, 0.05) is 24.6 Å². The van der Waals surface area contributed by atoms with E-state index in [-0.39, 0.29) is 17.7 Å². The predicted octanol–water partition coefficient (Wildman–Crippen LogP) is 2.23. The van der Waals surface area contributed by atoms with Gasteiger partial charge in [-0.3, -0.25) is 0 Å². The van der Waals surface area contributed by atoms with E-state index in [0.29, 0.717) is 5.95 Å². The number of nitrogens with zero attached hydrogens (tertiary/aromatic N) is 2. The topological polar surface area (TPSA) is 56.3 Å². The lowest BCUT2D eigenvalue weighted by molar-refractivity contribution is -0.184. The molecule has 1 saturated carbocycles. The van der Waals surface area contributed by atoms with Crippen LogP contribution in [0.3, 0.4) is 0 Å². The van der Waals surface area contributed by atoms with E-state index in [9.17, 15) is 0 Å². The lowest BCUT2D eigenvalue weighted by Crippen LogP contribution is -2.66. The molecule has 0 amide bonds. The van der Waals surface area contributed by atoms with Crippen LogP contribution < -0.4 is 5.32 Å². The fourth-order valence-electron chi connectivity index (χ4n) is 3.43. The lowest BCUT2D eigenvalue weighted by Gasteiger charge is -2.52. The monoisotopic (exact) mass is 277 g/mol. The number of rotatable bonds is 4. The Morgan fingerprint density at radius 1 is 1.40 bits per heavy atom. The molecule has 0 aromatic carbocycles. The zero-order chi connectivity index (χ0) is 14.2. The Bertz CT molecular complexity index is 466. The van der Waals surface area contributed by atoms with E-state index >= 15 is 0 Å². The van der Waals surface area contributed by atoms with Gasteiger partial charge in [-0.2, -0.15) is 0 Å². The largest absolute Gasteiger partial charge is 0.375 e. The van der Waals surface area contributed by atoms with E-state index in [1.165, 1.54) is 0 Å². The van der Waals surface area contributed by atoms with E-state index in [4.69, 9.17) is 9.47 Å². The van der Waals surface area contributed by atoms with Gasteiger partial charge < -0.3 is 14.8 Å². The standard InChI is InChI=1S/C15H23N3O2/c1-4-19-13-9-12(15(13)6-5-7-20-15)18-14-16-10(2)8-11(3)17-14/h8,12-13H,4-7,9H2,1-3H3,(H,16,17,18)/t12-,13+,15+/m0/s1. The molecule has 3 atom stereocenters. The van der Waals surface area contributed by atoms with Crippen LogP contribution in [-0.2, 0) is 9.47 Å². The minimum atomic E-state index is -0.170. The van der Waals surface area contributed by atoms with Crippen LogP contribution in [0.2, 0.25) is 0 Å². The van der Waals surface area contributed by atoms with Gasteiger partial charge in [-0.15, -0.1) is 0 Å². The molecule has 1 N–H and O–H groups in total. The summed E-state index contributed by atoms with van der Waals surface area (Å²) >= 11 is 0. The Balaban J connectivity index is 1.74. The van der Waals surface area contributed by atoms with Crippen molar-refractivity contribution in [1.82, 2.24) is 9.97 Å². The van der Waals surface area contributed by atoms with Gasteiger partial charge in [-0.1, -0.05) is 0 Å². The molecule has 0 radical (unpaired) electrons. The van der Waals surface area contributed by atoms with Crippen molar-refractivity contribution in [3.63, 3.8) is 0 Å². The number of hydrogen-bond donors (Lipinski definition) is 1. The van der Waals surface area contributed by atoms with Gasteiger partial charge in [-0.25, -0.2) is 9.97 Å². The van der Waals surface area contributed by atoms with E-state index in [1.54, 1.807) is 0 Å². The minimum absolute atomic E-state index is 0.170. The highest BCUT2D eigenvalue weighted by Crippen LogP contribution is 2.46. The highest BCUT2D eigenvalue weighted by Gasteiger charge is 2.59. The first kappa shape index (κ1) is 13.8. The van der Waals surface area contributed by atoms with Crippen LogP contribution in [0.4, 0.5) is 5.95 Å². The first-order valence-corrected chi connectivity index (χ1v) is 7.48. The molecule has 0 bridgehead atoms. The highest BCUT2D eigenvalue weighted by atomic mass is 16.6. The van der Waals surface area contributed by atoms with E-state index in [0.717, 1.165) is 43.9 Å². The van der Waals surface area contributed by atoms with Crippen LogP contribution in [0.15, 0.2) is 6.07 Å². The second kappa shape index (κ2) is 5.30. The Hall–Kier alpha value is -1.20. The molecule has 5 nitrogen and oxygen atoms in total. The maximum atomic E-state index is 6.04. The van der Waals surface area contributed by atoms with E-state index in [2.05, 4.69) is 15.3 Å². The Kier molecular flexibility index (Phi) is 3.65. The molecule has 0 unspecified atom stereocenters. The van der Waals surface area contributed by atoms with Crippen LogP contribution in [0, 0.1) is 13.8 Å². The summed E-state index contributed by atoms with van der Waals surface area (Å²) in [6.07, 6.45) is 3.33. The summed E-state index contributed by atoms with van der Waals surface area (Å²) in [7, 11) is 0. The quantitative estimate of drug-likeness (QED) is 0.914. The van der Waals surface area contributed by atoms with E-state index in [1.807, 2.05) is 26.8 Å². The fourth-order valence-corrected chi connectivity index (χ4v) is 3.43. The Labute approximate surface area is 120 Å². The van der Waals surface area contributed by atoms with Crippen molar-refractivity contribution in [3.8, 4) is 0 Å². The number of nitrogens with one attached hydrogen (secondary N) is 1. The number of aromatic nitrogens is 2. The Morgan fingerprint density at radius 3 is 2.75 bits per heavy atom.